The van der Waals surface area contributed by atoms with Crippen molar-refractivity contribution in [1.29, 1.82) is 0 Å². The van der Waals surface area contributed by atoms with E-state index < -0.39 is 0 Å². The van der Waals surface area contributed by atoms with Crippen LogP contribution in [-0.4, -0.2) is 61.9 Å². The molecule has 0 aliphatic carbocycles. The Bertz CT molecular complexity index is 1240. The Labute approximate surface area is 218 Å². The zero-order valence-electron chi connectivity index (χ0n) is 17.9. The van der Waals surface area contributed by atoms with E-state index >= 15 is 0 Å². The van der Waals surface area contributed by atoms with Gasteiger partial charge in [0.25, 0.3) is 0 Å². The number of halogens is 4. The van der Waals surface area contributed by atoms with Crippen LogP contribution in [0.15, 0.2) is 49.3 Å². The zero-order chi connectivity index (χ0) is 22.1. The Hall–Kier alpha value is -2.52. The molecule has 180 valence electrons. The number of fused-ring (bicyclic) bond motifs is 1. The quantitative estimate of drug-likeness (QED) is 0.387. The molecule has 1 aromatic carbocycles. The lowest BCUT2D eigenvalue weighted by molar-refractivity contribution is -0.133. The maximum absolute atomic E-state index is 13.6. The number of carbonyl (C=O) groups excluding carboxylic acids is 1. The largest absolute Gasteiger partial charge is 0.352 e. The number of nitrogens with one attached hydrogen (secondary N) is 2. The van der Waals surface area contributed by atoms with Crippen molar-refractivity contribution >= 4 is 70.8 Å². The second-order valence-electron chi connectivity index (χ2n) is 7.76. The number of carbonyl (C=O) groups is 1. The van der Waals surface area contributed by atoms with Gasteiger partial charge in [-0.1, -0.05) is 29.3 Å². The Morgan fingerprint density at radius 1 is 1.03 bits per heavy atom. The van der Waals surface area contributed by atoms with Gasteiger partial charge in [0.1, 0.15) is 17.8 Å². The highest BCUT2D eigenvalue weighted by Gasteiger charge is 2.30. The highest BCUT2D eigenvalue weighted by atomic mass is 35.5. The molecule has 0 bridgehead atoms. The summed E-state index contributed by atoms with van der Waals surface area (Å²) >= 11 is 12.4. The minimum absolute atomic E-state index is 0. The van der Waals surface area contributed by atoms with Gasteiger partial charge in [-0.3, -0.25) is 4.79 Å². The van der Waals surface area contributed by atoms with Crippen molar-refractivity contribution in [2.45, 2.75) is 12.3 Å². The third-order valence-electron chi connectivity index (χ3n) is 5.85. The van der Waals surface area contributed by atoms with E-state index in [4.69, 9.17) is 23.2 Å². The van der Waals surface area contributed by atoms with Gasteiger partial charge in [-0.2, -0.15) is 0 Å². The van der Waals surface area contributed by atoms with E-state index in [-0.39, 0.29) is 36.6 Å². The fourth-order valence-electron chi connectivity index (χ4n) is 4.16. The van der Waals surface area contributed by atoms with E-state index in [2.05, 4.69) is 29.8 Å². The van der Waals surface area contributed by atoms with E-state index in [0.29, 0.717) is 42.6 Å². The van der Waals surface area contributed by atoms with Crippen molar-refractivity contribution in [2.75, 3.05) is 31.1 Å². The van der Waals surface area contributed by atoms with Crippen molar-refractivity contribution in [3.05, 3.63) is 70.6 Å². The van der Waals surface area contributed by atoms with Crippen LogP contribution in [0.5, 0.6) is 0 Å². The molecular formula is C22H23Cl4N7O. The lowest BCUT2D eigenvalue weighted by atomic mass is 9.92. The normalized spacial score (nSPS) is 14.4. The van der Waals surface area contributed by atoms with Gasteiger partial charge >= 0.3 is 0 Å². The van der Waals surface area contributed by atoms with Crippen LogP contribution in [0.4, 0.5) is 5.82 Å². The van der Waals surface area contributed by atoms with Crippen LogP contribution in [0, 0.1) is 0 Å². The second-order valence-corrected chi connectivity index (χ2v) is 8.57. The van der Waals surface area contributed by atoms with Gasteiger partial charge in [0.2, 0.25) is 5.91 Å². The topological polar surface area (TPSA) is 93.8 Å². The molecule has 8 nitrogen and oxygen atoms in total. The monoisotopic (exact) mass is 541 g/mol. The smallest absolute Gasteiger partial charge is 0.230 e. The second kappa shape index (κ2) is 11.3. The summed E-state index contributed by atoms with van der Waals surface area (Å²) in [4.78, 5) is 36.8. The summed E-state index contributed by atoms with van der Waals surface area (Å²) in [5.74, 6) is 0.571. The van der Waals surface area contributed by atoms with Crippen molar-refractivity contribution in [3.63, 3.8) is 0 Å². The predicted octanol–water partition coefficient (Wildman–Crippen LogP) is 4.51. The molecule has 1 atom stereocenters. The number of aromatic nitrogens is 5. The summed E-state index contributed by atoms with van der Waals surface area (Å²) in [6.07, 6.45) is 7.30. The van der Waals surface area contributed by atoms with Crippen molar-refractivity contribution in [3.8, 4) is 0 Å². The number of hydrogen-bond donors (Lipinski definition) is 2. The minimum Gasteiger partial charge on any atom is -0.352 e. The molecule has 4 heterocycles. The first-order valence-electron chi connectivity index (χ1n) is 10.3. The molecule has 5 rings (SSSR count). The lowest BCUT2D eigenvalue weighted by Crippen LogP contribution is -2.50. The van der Waals surface area contributed by atoms with E-state index in [0.717, 1.165) is 28.1 Å². The fourth-order valence-corrected chi connectivity index (χ4v) is 4.47. The van der Waals surface area contributed by atoms with Gasteiger partial charge in [-0.05, 0) is 23.8 Å². The average Bonchev–Trinajstić information content (AvgIpc) is 3.51. The number of imidazole rings is 1. The van der Waals surface area contributed by atoms with Crippen LogP contribution in [0.1, 0.15) is 17.2 Å². The summed E-state index contributed by atoms with van der Waals surface area (Å²) in [6, 6.07) is 7.37. The molecule has 1 unspecified atom stereocenters. The van der Waals surface area contributed by atoms with E-state index in [1.54, 1.807) is 31.0 Å². The maximum Gasteiger partial charge on any atom is 0.230 e. The summed E-state index contributed by atoms with van der Waals surface area (Å²) in [7, 11) is 0. The van der Waals surface area contributed by atoms with Crippen molar-refractivity contribution in [1.82, 2.24) is 29.8 Å². The van der Waals surface area contributed by atoms with Crippen LogP contribution in [0.2, 0.25) is 10.0 Å². The van der Waals surface area contributed by atoms with Crippen LogP contribution < -0.4 is 4.90 Å². The van der Waals surface area contributed by atoms with Crippen LogP contribution >= 0.6 is 48.0 Å². The molecule has 12 heteroatoms. The molecule has 1 fully saturated rings. The first kappa shape index (κ1) is 26.1. The number of aromatic amines is 2. The molecule has 0 saturated carbocycles. The fraction of sp³-hybridized carbons (Fsp3) is 0.273. The van der Waals surface area contributed by atoms with Gasteiger partial charge in [0.15, 0.2) is 0 Å². The van der Waals surface area contributed by atoms with Gasteiger partial charge in [0.05, 0.1) is 27.7 Å². The highest BCUT2D eigenvalue weighted by molar-refractivity contribution is 6.42. The van der Waals surface area contributed by atoms with Crippen LogP contribution in [0.3, 0.4) is 0 Å². The molecule has 2 N–H and O–H groups in total. The Balaban J connectivity index is 0.00000162. The molecule has 1 aliphatic rings. The molecule has 4 aromatic rings. The number of H-pyrrole nitrogens is 2. The van der Waals surface area contributed by atoms with E-state index in [1.165, 1.54) is 0 Å². The average molecular weight is 543 g/mol. The van der Waals surface area contributed by atoms with Gasteiger partial charge < -0.3 is 19.8 Å². The van der Waals surface area contributed by atoms with Gasteiger partial charge in [-0.25, -0.2) is 15.0 Å². The molecule has 1 saturated heterocycles. The third kappa shape index (κ3) is 5.25. The number of rotatable bonds is 5. The van der Waals surface area contributed by atoms with Gasteiger partial charge in [-0.15, -0.1) is 24.8 Å². The van der Waals surface area contributed by atoms with E-state index in [1.807, 2.05) is 23.2 Å². The molecule has 3 aromatic heterocycles. The van der Waals surface area contributed by atoms with Crippen LogP contribution in [-0.2, 0) is 11.2 Å². The summed E-state index contributed by atoms with van der Waals surface area (Å²) < 4.78 is 0. The first-order valence-corrected chi connectivity index (χ1v) is 11.1. The molecule has 0 radical (unpaired) electrons. The number of benzene rings is 1. The Morgan fingerprint density at radius 2 is 1.82 bits per heavy atom. The lowest BCUT2D eigenvalue weighted by Gasteiger charge is -2.37. The SMILES string of the molecule is Cl.Cl.O=C(C(Cc1cnc[nH]1)c1ccc(Cl)c(Cl)c1)N1CCN(c2ncnc3[nH]ccc23)CC1. The molecule has 1 aliphatic heterocycles. The zero-order valence-corrected chi connectivity index (χ0v) is 21.1. The number of hydrogen-bond acceptors (Lipinski definition) is 5. The molecule has 1 amide bonds. The number of piperazine rings is 1. The third-order valence-corrected chi connectivity index (χ3v) is 6.59. The Morgan fingerprint density at radius 3 is 2.53 bits per heavy atom. The minimum atomic E-state index is -0.382. The maximum atomic E-state index is 13.6. The van der Waals surface area contributed by atoms with Crippen LogP contribution in [0.25, 0.3) is 11.0 Å². The van der Waals surface area contributed by atoms with Crippen molar-refractivity contribution in [2.24, 2.45) is 0 Å². The number of nitrogens with zero attached hydrogens (tertiary/aromatic N) is 5. The predicted molar refractivity (Wildman–Crippen MR) is 139 cm³/mol. The Kier molecular flexibility index (Phi) is 8.65. The molecular weight excluding hydrogens is 520 g/mol. The number of amides is 1. The standard InChI is InChI=1S/C22H21Cl2N7O.2ClH/c23-18-2-1-14(9-19(18)24)17(10-15-11-25-12-27-15)22(32)31-7-5-30(6-8-31)21-16-3-4-26-20(16)28-13-29-21;;/h1-4,9,11-13,17H,5-8,10H2,(H,25,27)(H,26,28,29);2*1H. The molecule has 34 heavy (non-hydrogen) atoms. The molecule has 0 spiro atoms. The van der Waals surface area contributed by atoms with E-state index in [9.17, 15) is 4.79 Å². The van der Waals surface area contributed by atoms with Gasteiger partial charge in [0, 0.05) is 50.7 Å². The number of anilines is 1. The van der Waals surface area contributed by atoms with Crippen molar-refractivity contribution < 1.29 is 4.79 Å². The first-order chi connectivity index (χ1) is 15.6. The summed E-state index contributed by atoms with van der Waals surface area (Å²) in [6.45, 7) is 2.60. The summed E-state index contributed by atoms with van der Waals surface area (Å²) in [5, 5.41) is 1.90. The highest BCUT2D eigenvalue weighted by Crippen LogP contribution is 2.30. The summed E-state index contributed by atoms with van der Waals surface area (Å²) in [5.41, 5.74) is 2.54.